The van der Waals surface area contributed by atoms with E-state index < -0.39 is 35.6 Å². The number of para-hydroxylation sites is 1. The highest BCUT2D eigenvalue weighted by molar-refractivity contribution is 6.00. The van der Waals surface area contributed by atoms with Crippen LogP contribution in [0, 0.1) is 38.7 Å². The van der Waals surface area contributed by atoms with Crippen LogP contribution in [0.5, 0.6) is 0 Å². The lowest BCUT2D eigenvalue weighted by molar-refractivity contribution is -0.136. The molecule has 41 heavy (non-hydrogen) atoms. The maximum atomic E-state index is 14.1. The fraction of sp³-hybridized carbons (Fsp3) is 0.265. The van der Waals surface area contributed by atoms with Crippen LogP contribution in [0.25, 0.3) is 0 Å². The second-order valence-corrected chi connectivity index (χ2v) is 10.7. The van der Waals surface area contributed by atoms with E-state index in [1.165, 1.54) is 0 Å². The third kappa shape index (κ3) is 8.24. The normalized spacial score (nSPS) is 12.2. The summed E-state index contributed by atoms with van der Waals surface area (Å²) < 4.78 is 5.42. The SMILES string of the molecule is C#Cc1ccc(C(C(=O)Nc2c(C)cccc2C)N(C#C)C(=O)C(Cc2ccccc2)NC(=O)OC(C)(C)C)cc1. The third-order valence-corrected chi connectivity index (χ3v) is 6.28. The van der Waals surface area contributed by atoms with Crippen molar-refractivity contribution in [2.75, 3.05) is 5.32 Å². The monoisotopic (exact) mass is 549 g/mol. The number of carbonyl (C=O) groups excluding carboxylic acids is 3. The highest BCUT2D eigenvalue weighted by Crippen LogP contribution is 2.27. The molecular formula is C34H35N3O4. The summed E-state index contributed by atoms with van der Waals surface area (Å²) in [7, 11) is 0. The Morgan fingerprint density at radius 3 is 2.05 bits per heavy atom. The van der Waals surface area contributed by atoms with Crippen LogP contribution in [0.2, 0.25) is 0 Å². The van der Waals surface area contributed by atoms with Crippen LogP contribution >= 0.6 is 0 Å². The summed E-state index contributed by atoms with van der Waals surface area (Å²) in [6.45, 7) is 8.93. The van der Waals surface area contributed by atoms with Crippen molar-refractivity contribution in [3.8, 4) is 24.8 Å². The van der Waals surface area contributed by atoms with Crippen molar-refractivity contribution in [2.45, 2.75) is 58.7 Å². The maximum absolute atomic E-state index is 14.1. The highest BCUT2D eigenvalue weighted by Gasteiger charge is 2.36. The molecule has 7 nitrogen and oxygen atoms in total. The average molecular weight is 550 g/mol. The molecule has 0 radical (unpaired) electrons. The Labute approximate surface area is 242 Å². The number of carbonyl (C=O) groups is 3. The van der Waals surface area contributed by atoms with Crippen molar-refractivity contribution in [3.05, 3.63) is 101 Å². The number of nitrogens with one attached hydrogen (secondary N) is 2. The van der Waals surface area contributed by atoms with Gasteiger partial charge in [-0.15, -0.1) is 6.42 Å². The van der Waals surface area contributed by atoms with Crippen molar-refractivity contribution < 1.29 is 19.1 Å². The van der Waals surface area contributed by atoms with E-state index in [-0.39, 0.29) is 6.42 Å². The molecule has 210 valence electrons. The molecule has 0 aliphatic rings. The molecule has 0 aliphatic carbocycles. The van der Waals surface area contributed by atoms with Crippen LogP contribution in [0.3, 0.4) is 0 Å². The van der Waals surface area contributed by atoms with Crippen molar-refractivity contribution in [1.29, 1.82) is 0 Å². The Kier molecular flexibility index (Phi) is 9.95. The van der Waals surface area contributed by atoms with E-state index in [0.29, 0.717) is 16.8 Å². The molecule has 0 saturated heterocycles. The third-order valence-electron chi connectivity index (χ3n) is 6.28. The molecule has 3 aromatic rings. The van der Waals surface area contributed by atoms with Gasteiger partial charge in [0.05, 0.1) is 0 Å². The smallest absolute Gasteiger partial charge is 0.408 e. The molecule has 0 aliphatic heterocycles. The quantitative estimate of drug-likeness (QED) is 0.286. The summed E-state index contributed by atoms with van der Waals surface area (Å²) in [5, 5.41) is 5.62. The number of aryl methyl sites for hydroxylation is 2. The molecule has 0 spiro atoms. The van der Waals surface area contributed by atoms with E-state index in [1.54, 1.807) is 45.0 Å². The molecule has 0 fully saturated rings. The van der Waals surface area contributed by atoms with Crippen LogP contribution in [0.4, 0.5) is 10.5 Å². The lowest BCUT2D eigenvalue weighted by Gasteiger charge is -2.31. The Bertz CT molecular complexity index is 1460. The van der Waals surface area contributed by atoms with E-state index in [0.717, 1.165) is 21.6 Å². The molecule has 0 bridgehead atoms. The molecule has 2 N–H and O–H groups in total. The maximum Gasteiger partial charge on any atom is 0.408 e. The first-order chi connectivity index (χ1) is 19.4. The van der Waals surface area contributed by atoms with Crippen LogP contribution in [0.15, 0.2) is 72.8 Å². The molecular weight excluding hydrogens is 514 g/mol. The number of terminal acetylenes is 2. The second-order valence-electron chi connectivity index (χ2n) is 10.7. The largest absolute Gasteiger partial charge is 0.444 e. The first-order valence-corrected chi connectivity index (χ1v) is 13.2. The van der Waals surface area contributed by atoms with Gasteiger partial charge in [-0.2, -0.15) is 0 Å². The van der Waals surface area contributed by atoms with E-state index in [2.05, 4.69) is 22.6 Å². The van der Waals surface area contributed by atoms with Gasteiger partial charge in [0.1, 0.15) is 17.7 Å². The van der Waals surface area contributed by atoms with Gasteiger partial charge in [0, 0.05) is 23.7 Å². The first-order valence-electron chi connectivity index (χ1n) is 13.2. The number of rotatable bonds is 8. The number of alkyl carbamates (subject to hydrolysis) is 1. The number of hydrogen-bond donors (Lipinski definition) is 2. The molecule has 7 heteroatoms. The van der Waals surface area contributed by atoms with Crippen molar-refractivity contribution >= 4 is 23.6 Å². The summed E-state index contributed by atoms with van der Waals surface area (Å²) in [6, 6.07) is 21.6. The van der Waals surface area contributed by atoms with Gasteiger partial charge in [-0.3, -0.25) is 14.5 Å². The number of benzene rings is 3. The minimum Gasteiger partial charge on any atom is -0.444 e. The van der Waals surface area contributed by atoms with E-state index >= 15 is 0 Å². The van der Waals surface area contributed by atoms with Gasteiger partial charge in [0.15, 0.2) is 0 Å². The fourth-order valence-electron chi connectivity index (χ4n) is 4.32. The van der Waals surface area contributed by atoms with Crippen LogP contribution < -0.4 is 10.6 Å². The molecule has 2 unspecified atom stereocenters. The zero-order valence-electron chi connectivity index (χ0n) is 24.0. The fourth-order valence-corrected chi connectivity index (χ4v) is 4.32. The first kappa shape index (κ1) is 30.5. The zero-order chi connectivity index (χ0) is 30.2. The van der Waals surface area contributed by atoms with Gasteiger partial charge in [0.2, 0.25) is 0 Å². The van der Waals surface area contributed by atoms with Gasteiger partial charge in [-0.05, 0) is 69.0 Å². The number of hydrogen-bond acceptors (Lipinski definition) is 4. The van der Waals surface area contributed by atoms with Crippen molar-refractivity contribution in [2.24, 2.45) is 0 Å². The molecule has 0 heterocycles. The average Bonchev–Trinajstić information content (AvgIpc) is 2.92. The summed E-state index contributed by atoms with van der Waals surface area (Å²) >= 11 is 0. The number of anilines is 1. The highest BCUT2D eigenvalue weighted by atomic mass is 16.6. The van der Waals surface area contributed by atoms with Crippen LogP contribution in [-0.2, 0) is 20.7 Å². The van der Waals surface area contributed by atoms with Crippen molar-refractivity contribution in [3.63, 3.8) is 0 Å². The lowest BCUT2D eigenvalue weighted by Crippen LogP contribution is -2.51. The topological polar surface area (TPSA) is 87.7 Å². The Hall–Kier alpha value is -5.01. The number of ether oxygens (including phenoxy) is 1. The number of amides is 3. The van der Waals surface area contributed by atoms with E-state index in [1.807, 2.05) is 62.4 Å². The molecule has 3 aromatic carbocycles. The predicted molar refractivity (Wildman–Crippen MR) is 161 cm³/mol. The van der Waals surface area contributed by atoms with Gasteiger partial charge < -0.3 is 15.4 Å². The van der Waals surface area contributed by atoms with Gasteiger partial charge in [0.25, 0.3) is 11.8 Å². The summed E-state index contributed by atoms with van der Waals surface area (Å²) in [4.78, 5) is 41.8. The predicted octanol–water partition coefficient (Wildman–Crippen LogP) is 5.52. The van der Waals surface area contributed by atoms with Crippen molar-refractivity contribution in [1.82, 2.24) is 10.2 Å². The van der Waals surface area contributed by atoms with Gasteiger partial charge in [-0.1, -0.05) is 73.0 Å². The van der Waals surface area contributed by atoms with Gasteiger partial charge in [-0.25, -0.2) is 4.79 Å². The summed E-state index contributed by atoms with van der Waals surface area (Å²) in [6.07, 6.45) is 10.8. The standard InChI is InChI=1S/C34H35N3O4/c1-8-25-18-20-27(21-19-25)30(31(38)36-29-23(3)14-13-15-24(29)4)37(9-2)32(39)28(22-26-16-11-10-12-17-26)35-33(40)41-34(5,6)7/h1-2,10-21,28,30H,22H2,3-7H3,(H,35,40)(H,36,38). The van der Waals surface area contributed by atoms with Crippen LogP contribution in [-0.4, -0.2) is 34.5 Å². The molecule has 2 atom stereocenters. The minimum absolute atomic E-state index is 0.123. The Morgan fingerprint density at radius 2 is 1.51 bits per heavy atom. The zero-order valence-corrected chi connectivity index (χ0v) is 24.0. The Balaban J connectivity index is 2.05. The minimum atomic E-state index is -1.22. The van der Waals surface area contributed by atoms with E-state index in [4.69, 9.17) is 17.6 Å². The molecule has 3 rings (SSSR count). The summed E-state index contributed by atoms with van der Waals surface area (Å²) in [5.41, 5.74) is 3.39. The Morgan fingerprint density at radius 1 is 0.902 bits per heavy atom. The van der Waals surface area contributed by atoms with Gasteiger partial charge >= 0.3 is 6.09 Å². The molecule has 0 aromatic heterocycles. The van der Waals surface area contributed by atoms with Crippen LogP contribution in [0.1, 0.15) is 54.6 Å². The van der Waals surface area contributed by atoms with E-state index in [9.17, 15) is 14.4 Å². The number of nitrogens with zero attached hydrogens (tertiary/aromatic N) is 1. The lowest BCUT2D eigenvalue weighted by atomic mass is 9.99. The second kappa shape index (κ2) is 13.4. The summed E-state index contributed by atoms with van der Waals surface area (Å²) in [5.74, 6) is 1.38. The molecule has 0 saturated carbocycles. The molecule has 3 amide bonds.